The van der Waals surface area contributed by atoms with Crippen LogP contribution >= 0.6 is 11.3 Å². The Bertz CT molecular complexity index is 419. The number of rotatable bonds is 6. The quantitative estimate of drug-likeness (QED) is 0.815. The van der Waals surface area contributed by atoms with Crippen LogP contribution in [0, 0.1) is 11.8 Å². The second-order valence-corrected chi connectivity index (χ2v) is 6.15. The molecule has 0 spiro atoms. The molecule has 1 heterocycles. The van der Waals surface area contributed by atoms with Gasteiger partial charge in [-0.05, 0) is 31.6 Å². The number of ether oxygens (including phenoxy) is 1. The molecule has 0 bridgehead atoms. The lowest BCUT2D eigenvalue weighted by Crippen LogP contribution is -2.11. The van der Waals surface area contributed by atoms with Gasteiger partial charge in [-0.1, -0.05) is 13.3 Å². The van der Waals surface area contributed by atoms with Crippen LogP contribution in [0.5, 0.6) is 0 Å². The number of carbonyl (C=O) groups excluding carboxylic acids is 1. The van der Waals surface area contributed by atoms with Gasteiger partial charge < -0.3 is 10.1 Å². The molecule has 1 fully saturated rings. The maximum absolute atomic E-state index is 11.3. The molecule has 1 aliphatic rings. The smallest absolute Gasteiger partial charge is 0.311 e. The van der Waals surface area contributed by atoms with Gasteiger partial charge in [-0.2, -0.15) is 0 Å². The number of carbonyl (C=O) groups is 1. The predicted octanol–water partition coefficient (Wildman–Crippen LogP) is 3.10. The minimum Gasteiger partial charge on any atom is -0.466 e. The first-order valence-electron chi connectivity index (χ1n) is 7.01. The minimum atomic E-state index is -0.205. The highest BCUT2D eigenvalue weighted by molar-refractivity contribution is 7.13. The largest absolute Gasteiger partial charge is 0.466 e. The Hall–Kier alpha value is -1.10. The van der Waals surface area contributed by atoms with Gasteiger partial charge >= 0.3 is 5.97 Å². The average molecular weight is 282 g/mol. The molecule has 1 N–H and O–H groups in total. The number of esters is 1. The van der Waals surface area contributed by atoms with Crippen molar-refractivity contribution in [3.63, 3.8) is 0 Å². The average Bonchev–Trinajstić information content (AvgIpc) is 2.96. The van der Waals surface area contributed by atoms with Gasteiger partial charge in [0, 0.05) is 11.9 Å². The number of anilines is 1. The fourth-order valence-electron chi connectivity index (χ4n) is 2.57. The molecule has 2 unspecified atom stereocenters. The zero-order valence-corrected chi connectivity index (χ0v) is 12.5. The molecule has 0 aromatic carbocycles. The van der Waals surface area contributed by atoms with Crippen LogP contribution in [0.2, 0.25) is 0 Å². The normalized spacial score (nSPS) is 22.4. The van der Waals surface area contributed by atoms with Crippen LogP contribution < -0.4 is 5.32 Å². The molecule has 0 aliphatic heterocycles. The van der Waals surface area contributed by atoms with Crippen molar-refractivity contribution >= 4 is 22.4 Å². The van der Waals surface area contributed by atoms with Crippen molar-refractivity contribution in [2.45, 2.75) is 39.5 Å². The van der Waals surface area contributed by atoms with E-state index in [1.807, 2.05) is 12.3 Å². The number of nitrogens with one attached hydrogen (secondary N) is 1. The summed E-state index contributed by atoms with van der Waals surface area (Å²) in [4.78, 5) is 15.8. The highest BCUT2D eigenvalue weighted by atomic mass is 32.1. The van der Waals surface area contributed by atoms with Gasteiger partial charge in [0.05, 0.1) is 18.7 Å². The number of hydrogen-bond donors (Lipinski definition) is 1. The molecule has 0 radical (unpaired) electrons. The Morgan fingerprint density at radius 2 is 2.42 bits per heavy atom. The number of hydrogen-bond acceptors (Lipinski definition) is 5. The molecular formula is C14H22N2O2S. The summed E-state index contributed by atoms with van der Waals surface area (Å²) in [7, 11) is 0. The van der Waals surface area contributed by atoms with Crippen molar-refractivity contribution in [2.24, 2.45) is 11.8 Å². The van der Waals surface area contributed by atoms with Gasteiger partial charge in [0.25, 0.3) is 0 Å². The molecule has 2 rings (SSSR count). The first kappa shape index (κ1) is 14.3. The van der Waals surface area contributed by atoms with Crippen molar-refractivity contribution in [3.8, 4) is 0 Å². The molecule has 1 aromatic heterocycles. The van der Waals surface area contributed by atoms with Crippen LogP contribution in [0.25, 0.3) is 0 Å². The van der Waals surface area contributed by atoms with Crippen molar-refractivity contribution in [2.75, 3.05) is 18.5 Å². The first-order valence-corrected chi connectivity index (χ1v) is 7.89. The number of aromatic nitrogens is 1. The van der Waals surface area contributed by atoms with E-state index in [-0.39, 0.29) is 12.4 Å². The molecule has 5 heteroatoms. The molecule has 4 nitrogen and oxygen atoms in total. The molecule has 1 aromatic rings. The third-order valence-corrected chi connectivity index (χ3v) is 4.38. The number of thiazole rings is 1. The van der Waals surface area contributed by atoms with Crippen molar-refractivity contribution in [1.82, 2.24) is 4.98 Å². The lowest BCUT2D eigenvalue weighted by Gasteiger charge is -2.09. The maximum atomic E-state index is 11.3. The Kier molecular flexibility index (Phi) is 5.19. The van der Waals surface area contributed by atoms with Crippen LogP contribution in [-0.2, 0) is 16.0 Å². The van der Waals surface area contributed by atoms with Crippen LogP contribution in [0.3, 0.4) is 0 Å². The monoisotopic (exact) mass is 282 g/mol. The Morgan fingerprint density at radius 3 is 3.11 bits per heavy atom. The highest BCUT2D eigenvalue weighted by Crippen LogP contribution is 2.30. The Balaban J connectivity index is 1.76. The third kappa shape index (κ3) is 4.49. The molecule has 0 amide bonds. The topological polar surface area (TPSA) is 51.2 Å². The van der Waals surface area contributed by atoms with Gasteiger partial charge in [-0.15, -0.1) is 11.3 Å². The van der Waals surface area contributed by atoms with Crippen LogP contribution in [-0.4, -0.2) is 24.1 Å². The maximum Gasteiger partial charge on any atom is 0.311 e. The molecule has 1 saturated carbocycles. The second kappa shape index (κ2) is 6.89. The summed E-state index contributed by atoms with van der Waals surface area (Å²) < 4.78 is 4.91. The molecule has 2 atom stereocenters. The van der Waals surface area contributed by atoms with E-state index < -0.39 is 0 Å². The number of nitrogens with zero attached hydrogens (tertiary/aromatic N) is 1. The standard InChI is InChI=1S/C14H22N2O2S/c1-3-18-13(17)7-12-9-19-14(16-12)15-8-11-5-4-10(2)6-11/h9-11H,3-8H2,1-2H3,(H,15,16). The SMILES string of the molecule is CCOC(=O)Cc1csc(NCC2CCC(C)C2)n1. The summed E-state index contributed by atoms with van der Waals surface area (Å²) in [6, 6.07) is 0. The van der Waals surface area contributed by atoms with E-state index in [0.29, 0.717) is 6.61 Å². The lowest BCUT2D eigenvalue weighted by molar-refractivity contribution is -0.142. The highest BCUT2D eigenvalue weighted by Gasteiger charge is 2.21. The van der Waals surface area contributed by atoms with Crippen LogP contribution in [0.1, 0.15) is 38.8 Å². The zero-order chi connectivity index (χ0) is 13.7. The zero-order valence-electron chi connectivity index (χ0n) is 11.6. The fraction of sp³-hybridized carbons (Fsp3) is 0.714. The van der Waals surface area contributed by atoms with E-state index in [4.69, 9.17) is 4.74 Å². The predicted molar refractivity (Wildman–Crippen MR) is 77.4 cm³/mol. The first-order chi connectivity index (χ1) is 9.17. The fourth-order valence-corrected chi connectivity index (χ4v) is 3.29. The summed E-state index contributed by atoms with van der Waals surface area (Å²) >= 11 is 1.56. The second-order valence-electron chi connectivity index (χ2n) is 5.29. The Labute approximate surface area is 118 Å². The van der Waals surface area contributed by atoms with Gasteiger partial charge in [0.15, 0.2) is 5.13 Å². The van der Waals surface area contributed by atoms with Gasteiger partial charge in [0.2, 0.25) is 0 Å². The van der Waals surface area contributed by atoms with Crippen LogP contribution in [0.4, 0.5) is 5.13 Å². The molecule has 19 heavy (non-hydrogen) atoms. The summed E-state index contributed by atoms with van der Waals surface area (Å²) in [5.41, 5.74) is 0.797. The lowest BCUT2D eigenvalue weighted by atomic mass is 10.1. The molecule has 106 valence electrons. The van der Waals surface area contributed by atoms with E-state index in [9.17, 15) is 4.79 Å². The minimum absolute atomic E-state index is 0.205. The van der Waals surface area contributed by atoms with E-state index in [1.165, 1.54) is 19.3 Å². The summed E-state index contributed by atoms with van der Waals surface area (Å²) in [6.07, 6.45) is 4.24. The third-order valence-electron chi connectivity index (χ3n) is 3.53. The molecular weight excluding hydrogens is 260 g/mol. The van der Waals surface area contributed by atoms with Gasteiger partial charge in [0.1, 0.15) is 0 Å². The van der Waals surface area contributed by atoms with Crippen molar-refractivity contribution in [1.29, 1.82) is 0 Å². The summed E-state index contributed by atoms with van der Waals surface area (Å²) in [6.45, 7) is 5.56. The summed E-state index contributed by atoms with van der Waals surface area (Å²) in [5.74, 6) is 1.43. The van der Waals surface area contributed by atoms with Crippen LogP contribution in [0.15, 0.2) is 5.38 Å². The van der Waals surface area contributed by atoms with Gasteiger partial charge in [-0.25, -0.2) is 4.98 Å². The van der Waals surface area contributed by atoms with E-state index in [2.05, 4.69) is 17.2 Å². The van der Waals surface area contributed by atoms with E-state index in [0.717, 1.165) is 29.2 Å². The van der Waals surface area contributed by atoms with Crippen molar-refractivity contribution < 1.29 is 9.53 Å². The molecule has 0 saturated heterocycles. The van der Waals surface area contributed by atoms with E-state index >= 15 is 0 Å². The Morgan fingerprint density at radius 1 is 1.58 bits per heavy atom. The van der Waals surface area contributed by atoms with E-state index in [1.54, 1.807) is 11.3 Å². The molecule has 1 aliphatic carbocycles. The van der Waals surface area contributed by atoms with Gasteiger partial charge in [-0.3, -0.25) is 4.79 Å². The van der Waals surface area contributed by atoms with Crippen molar-refractivity contribution in [3.05, 3.63) is 11.1 Å². The summed E-state index contributed by atoms with van der Waals surface area (Å²) in [5, 5.41) is 6.23.